The third-order valence-corrected chi connectivity index (χ3v) is 2.62. The third kappa shape index (κ3) is 12.0. The molecule has 0 aliphatic heterocycles. The average molecular weight is 216 g/mol. The molecule has 0 rings (SSSR count). The molecule has 0 aromatic rings. The molecule has 0 aliphatic carbocycles. The quantitative estimate of drug-likeness (QED) is 0.325. The van der Waals surface area contributed by atoms with E-state index in [1.165, 1.54) is 44.9 Å². The van der Waals surface area contributed by atoms with E-state index in [0.717, 1.165) is 12.2 Å². The number of thiol groups is 1. The second-order valence-corrected chi connectivity index (χ2v) is 4.09. The van der Waals surface area contributed by atoms with Crippen molar-refractivity contribution in [3.63, 3.8) is 0 Å². The highest BCUT2D eigenvalue weighted by Crippen LogP contribution is 2.08. The number of hydrogen-bond donors (Lipinski definition) is 2. The first-order chi connectivity index (χ1) is 6.91. The highest BCUT2D eigenvalue weighted by atomic mass is 32.1. The van der Waals surface area contributed by atoms with Crippen LogP contribution in [-0.2, 0) is 0 Å². The van der Waals surface area contributed by atoms with Crippen LogP contribution in [0.25, 0.3) is 0 Å². The molecule has 0 saturated heterocycles. The fraction of sp³-hybridized carbons (Fsp3) is 0.833. The van der Waals surface area contributed by atoms with Crippen LogP contribution in [0.15, 0.2) is 12.2 Å². The number of aliphatic hydroxyl groups is 1. The third-order valence-electron chi connectivity index (χ3n) is 2.30. The van der Waals surface area contributed by atoms with Crippen LogP contribution in [0, 0.1) is 0 Å². The molecule has 0 saturated carbocycles. The Morgan fingerprint density at radius 1 is 0.786 bits per heavy atom. The summed E-state index contributed by atoms with van der Waals surface area (Å²) in [4.78, 5) is 0. The number of allylic oxidation sites excluding steroid dienone is 1. The largest absolute Gasteiger partial charge is 0.392 e. The average Bonchev–Trinajstić information content (AvgIpc) is 2.21. The number of unbranched alkanes of at least 4 members (excludes halogenated alkanes) is 7. The lowest BCUT2D eigenvalue weighted by Crippen LogP contribution is -1.81. The molecule has 0 atom stereocenters. The summed E-state index contributed by atoms with van der Waals surface area (Å²) in [5, 5.41) is 8.50. The van der Waals surface area contributed by atoms with E-state index in [0.29, 0.717) is 0 Å². The molecule has 1 N–H and O–H groups in total. The van der Waals surface area contributed by atoms with Gasteiger partial charge in [0.1, 0.15) is 0 Å². The molecule has 2 heteroatoms. The monoisotopic (exact) mass is 216 g/mol. The van der Waals surface area contributed by atoms with E-state index < -0.39 is 0 Å². The van der Waals surface area contributed by atoms with Crippen molar-refractivity contribution < 1.29 is 5.11 Å². The Hall–Kier alpha value is 0.0500. The molecule has 14 heavy (non-hydrogen) atoms. The van der Waals surface area contributed by atoms with Gasteiger partial charge in [0.2, 0.25) is 0 Å². The zero-order valence-corrected chi connectivity index (χ0v) is 10.0. The van der Waals surface area contributed by atoms with Crippen LogP contribution in [-0.4, -0.2) is 17.5 Å². The van der Waals surface area contributed by atoms with E-state index in [9.17, 15) is 0 Å². The SMILES string of the molecule is OC/C=C/CCCCCCCCCS. The van der Waals surface area contributed by atoms with Crippen molar-refractivity contribution in [1.82, 2.24) is 0 Å². The lowest BCUT2D eigenvalue weighted by molar-refractivity contribution is 0.342. The summed E-state index contributed by atoms with van der Waals surface area (Å²) in [6.07, 6.45) is 14.3. The van der Waals surface area contributed by atoms with Gasteiger partial charge in [-0.15, -0.1) is 0 Å². The number of rotatable bonds is 10. The van der Waals surface area contributed by atoms with Gasteiger partial charge in [-0.25, -0.2) is 0 Å². The summed E-state index contributed by atoms with van der Waals surface area (Å²) in [6.45, 7) is 0.184. The maximum atomic E-state index is 8.50. The Morgan fingerprint density at radius 2 is 1.36 bits per heavy atom. The Bertz CT molecular complexity index is 123. The van der Waals surface area contributed by atoms with Crippen LogP contribution >= 0.6 is 12.6 Å². The second kappa shape index (κ2) is 13.1. The zero-order valence-electron chi connectivity index (χ0n) is 9.12. The van der Waals surface area contributed by atoms with E-state index in [2.05, 4.69) is 18.7 Å². The minimum absolute atomic E-state index is 0.184. The van der Waals surface area contributed by atoms with Crippen molar-refractivity contribution in [3.05, 3.63) is 12.2 Å². The molecule has 0 radical (unpaired) electrons. The van der Waals surface area contributed by atoms with Crippen molar-refractivity contribution in [2.75, 3.05) is 12.4 Å². The molecule has 0 bridgehead atoms. The first-order valence-electron chi connectivity index (χ1n) is 5.78. The van der Waals surface area contributed by atoms with Crippen molar-refractivity contribution >= 4 is 12.6 Å². The van der Waals surface area contributed by atoms with Gasteiger partial charge in [-0.3, -0.25) is 0 Å². The van der Waals surface area contributed by atoms with Gasteiger partial charge >= 0.3 is 0 Å². The van der Waals surface area contributed by atoms with Gasteiger partial charge < -0.3 is 5.11 Å². The predicted molar refractivity (Wildman–Crippen MR) is 67.0 cm³/mol. The summed E-state index contributed by atoms with van der Waals surface area (Å²) in [7, 11) is 0. The molecule has 0 spiro atoms. The number of aliphatic hydroxyl groups excluding tert-OH is 1. The Kier molecular flexibility index (Phi) is 13.1. The zero-order chi connectivity index (χ0) is 10.5. The molecule has 0 aromatic heterocycles. The fourth-order valence-electron chi connectivity index (χ4n) is 1.45. The first kappa shape index (κ1) is 14.1. The Morgan fingerprint density at radius 3 is 1.93 bits per heavy atom. The van der Waals surface area contributed by atoms with Crippen molar-refractivity contribution in [2.24, 2.45) is 0 Å². The van der Waals surface area contributed by atoms with E-state index in [4.69, 9.17) is 5.11 Å². The highest BCUT2D eigenvalue weighted by Gasteiger charge is 1.90. The highest BCUT2D eigenvalue weighted by molar-refractivity contribution is 7.80. The maximum absolute atomic E-state index is 8.50. The van der Waals surface area contributed by atoms with Crippen molar-refractivity contribution in [1.29, 1.82) is 0 Å². The lowest BCUT2D eigenvalue weighted by Gasteiger charge is -1.99. The second-order valence-electron chi connectivity index (χ2n) is 3.64. The molecule has 0 aromatic carbocycles. The molecule has 0 aliphatic rings. The molecule has 0 fully saturated rings. The molecule has 0 amide bonds. The van der Waals surface area contributed by atoms with E-state index in [-0.39, 0.29) is 6.61 Å². The van der Waals surface area contributed by atoms with Crippen LogP contribution in [0.4, 0.5) is 0 Å². The normalized spacial score (nSPS) is 11.3. The first-order valence-corrected chi connectivity index (χ1v) is 6.41. The minimum Gasteiger partial charge on any atom is -0.392 e. The van der Waals surface area contributed by atoms with Gasteiger partial charge in [0.25, 0.3) is 0 Å². The van der Waals surface area contributed by atoms with Crippen LogP contribution in [0.5, 0.6) is 0 Å². The van der Waals surface area contributed by atoms with Crippen LogP contribution in [0.2, 0.25) is 0 Å². The van der Waals surface area contributed by atoms with Gasteiger partial charge in [0.15, 0.2) is 0 Å². The predicted octanol–water partition coefficient (Wildman–Crippen LogP) is 3.59. The van der Waals surface area contributed by atoms with E-state index in [1.807, 2.05) is 6.08 Å². The summed E-state index contributed by atoms with van der Waals surface area (Å²) >= 11 is 4.18. The summed E-state index contributed by atoms with van der Waals surface area (Å²) in [6, 6.07) is 0. The van der Waals surface area contributed by atoms with Crippen LogP contribution < -0.4 is 0 Å². The van der Waals surface area contributed by atoms with Crippen molar-refractivity contribution in [3.8, 4) is 0 Å². The minimum atomic E-state index is 0.184. The van der Waals surface area contributed by atoms with Gasteiger partial charge in [-0.2, -0.15) is 12.6 Å². The van der Waals surface area contributed by atoms with Gasteiger partial charge in [-0.1, -0.05) is 44.3 Å². The maximum Gasteiger partial charge on any atom is 0.0612 e. The van der Waals surface area contributed by atoms with Crippen molar-refractivity contribution in [2.45, 2.75) is 51.4 Å². The fourth-order valence-corrected chi connectivity index (χ4v) is 1.67. The summed E-state index contributed by atoms with van der Waals surface area (Å²) in [5.74, 6) is 1.03. The van der Waals surface area contributed by atoms with E-state index >= 15 is 0 Å². The van der Waals surface area contributed by atoms with Gasteiger partial charge in [0.05, 0.1) is 6.61 Å². The standard InChI is InChI=1S/C12H24OS/c13-11-9-7-5-3-1-2-4-6-8-10-12-14/h7,9,13-14H,1-6,8,10-12H2/b9-7+. The smallest absolute Gasteiger partial charge is 0.0612 e. The molecule has 1 nitrogen and oxygen atoms in total. The molecule has 0 heterocycles. The molecular weight excluding hydrogens is 192 g/mol. The lowest BCUT2D eigenvalue weighted by atomic mass is 10.1. The topological polar surface area (TPSA) is 20.2 Å². The van der Waals surface area contributed by atoms with E-state index in [1.54, 1.807) is 0 Å². The molecular formula is C12H24OS. The summed E-state index contributed by atoms with van der Waals surface area (Å²) in [5.41, 5.74) is 0. The van der Waals surface area contributed by atoms with Crippen LogP contribution in [0.3, 0.4) is 0 Å². The summed E-state index contributed by atoms with van der Waals surface area (Å²) < 4.78 is 0. The molecule has 84 valence electrons. The van der Waals surface area contributed by atoms with Crippen LogP contribution in [0.1, 0.15) is 51.4 Å². The van der Waals surface area contributed by atoms with Gasteiger partial charge in [0, 0.05) is 0 Å². The molecule has 0 unspecified atom stereocenters. The Labute approximate surface area is 94.0 Å². The Balaban J connectivity index is 2.88. The van der Waals surface area contributed by atoms with Gasteiger partial charge in [-0.05, 0) is 25.0 Å². The number of hydrogen-bond acceptors (Lipinski definition) is 2.